The lowest BCUT2D eigenvalue weighted by Gasteiger charge is -2.06. The standard InChI is InChI=1S/C11H9FN2O/c1-2-5-14-10-6-8(12)3-4-9(10)13-7-11(14)15/h2-4,6-7H,1,5H2. The molecule has 3 nitrogen and oxygen atoms in total. The van der Waals surface area contributed by atoms with Crippen molar-refractivity contribution >= 4 is 11.0 Å². The van der Waals surface area contributed by atoms with Crippen LogP contribution >= 0.6 is 0 Å². The number of rotatable bonds is 2. The molecular formula is C11H9FN2O. The Morgan fingerprint density at radius 3 is 3.07 bits per heavy atom. The highest BCUT2D eigenvalue weighted by atomic mass is 19.1. The molecule has 0 bridgehead atoms. The van der Waals surface area contributed by atoms with Crippen LogP contribution in [0.15, 0.2) is 41.8 Å². The van der Waals surface area contributed by atoms with Crippen LogP contribution in [0.5, 0.6) is 0 Å². The molecule has 0 N–H and O–H groups in total. The van der Waals surface area contributed by atoms with E-state index in [0.717, 1.165) is 0 Å². The van der Waals surface area contributed by atoms with Crippen molar-refractivity contribution in [2.45, 2.75) is 6.54 Å². The summed E-state index contributed by atoms with van der Waals surface area (Å²) in [5.41, 5.74) is 0.827. The highest BCUT2D eigenvalue weighted by Crippen LogP contribution is 2.10. The first kappa shape index (κ1) is 9.58. The van der Waals surface area contributed by atoms with Crippen molar-refractivity contribution in [3.05, 3.63) is 53.2 Å². The van der Waals surface area contributed by atoms with E-state index < -0.39 is 0 Å². The molecular weight excluding hydrogens is 195 g/mol. The fourth-order valence-corrected chi connectivity index (χ4v) is 1.45. The molecule has 0 amide bonds. The van der Waals surface area contributed by atoms with Crippen LogP contribution in [0.1, 0.15) is 0 Å². The summed E-state index contributed by atoms with van der Waals surface area (Å²) in [7, 11) is 0. The Morgan fingerprint density at radius 1 is 1.53 bits per heavy atom. The number of aromatic nitrogens is 2. The molecule has 0 aliphatic carbocycles. The van der Waals surface area contributed by atoms with Gasteiger partial charge < -0.3 is 4.57 Å². The summed E-state index contributed by atoms with van der Waals surface area (Å²) in [6.07, 6.45) is 2.81. The third kappa shape index (κ3) is 1.66. The molecule has 0 saturated carbocycles. The Labute approximate surface area is 85.5 Å². The molecule has 0 aliphatic rings. The van der Waals surface area contributed by atoms with Crippen LogP contribution in [-0.4, -0.2) is 9.55 Å². The topological polar surface area (TPSA) is 34.9 Å². The van der Waals surface area contributed by atoms with E-state index in [1.54, 1.807) is 12.1 Å². The van der Waals surface area contributed by atoms with Gasteiger partial charge in [-0.05, 0) is 18.2 Å². The smallest absolute Gasteiger partial charge is 0.269 e. The molecule has 0 aliphatic heterocycles. The summed E-state index contributed by atoms with van der Waals surface area (Å²) in [6, 6.07) is 4.16. The molecule has 0 atom stereocenters. The van der Waals surface area contributed by atoms with Crippen molar-refractivity contribution < 1.29 is 4.39 Å². The van der Waals surface area contributed by atoms with Crippen LogP contribution in [-0.2, 0) is 6.54 Å². The van der Waals surface area contributed by atoms with Crippen LogP contribution in [0.3, 0.4) is 0 Å². The molecule has 1 aromatic carbocycles. The first-order valence-electron chi connectivity index (χ1n) is 4.48. The Kier molecular flexibility index (Phi) is 2.33. The number of nitrogens with zero attached hydrogens (tertiary/aromatic N) is 2. The minimum atomic E-state index is -0.382. The monoisotopic (exact) mass is 204 g/mol. The SMILES string of the molecule is C=CCn1c(=O)cnc2ccc(F)cc21. The van der Waals surface area contributed by atoms with Crippen molar-refractivity contribution in [3.63, 3.8) is 0 Å². The van der Waals surface area contributed by atoms with Gasteiger partial charge in [0.2, 0.25) is 0 Å². The second-order valence-electron chi connectivity index (χ2n) is 3.13. The summed E-state index contributed by atoms with van der Waals surface area (Å²) in [6.45, 7) is 3.90. The Hall–Kier alpha value is -1.97. The van der Waals surface area contributed by atoms with Crippen molar-refractivity contribution in [2.24, 2.45) is 0 Å². The molecule has 4 heteroatoms. The summed E-state index contributed by atoms with van der Waals surface area (Å²) in [5.74, 6) is -0.382. The number of fused-ring (bicyclic) bond motifs is 1. The van der Waals surface area contributed by atoms with Crippen LogP contribution in [0.2, 0.25) is 0 Å². The van der Waals surface area contributed by atoms with E-state index >= 15 is 0 Å². The van der Waals surface area contributed by atoms with Crippen LogP contribution in [0.4, 0.5) is 4.39 Å². The minimum absolute atomic E-state index is 0.256. The average molecular weight is 204 g/mol. The Morgan fingerprint density at radius 2 is 2.33 bits per heavy atom. The van der Waals surface area contributed by atoms with Gasteiger partial charge in [-0.3, -0.25) is 4.79 Å². The van der Waals surface area contributed by atoms with E-state index in [1.807, 2.05) is 0 Å². The summed E-state index contributed by atoms with van der Waals surface area (Å²) in [4.78, 5) is 15.4. The first-order chi connectivity index (χ1) is 7.22. The molecule has 1 heterocycles. The maximum atomic E-state index is 13.0. The zero-order valence-corrected chi connectivity index (χ0v) is 7.98. The maximum absolute atomic E-state index is 13.0. The van der Waals surface area contributed by atoms with E-state index in [4.69, 9.17) is 0 Å². The number of benzene rings is 1. The Balaban J connectivity index is 2.84. The summed E-state index contributed by atoms with van der Waals surface area (Å²) >= 11 is 0. The van der Waals surface area contributed by atoms with Gasteiger partial charge in [-0.25, -0.2) is 9.37 Å². The molecule has 0 unspecified atom stereocenters. The maximum Gasteiger partial charge on any atom is 0.269 e. The highest BCUT2D eigenvalue weighted by molar-refractivity contribution is 5.74. The molecule has 1 aromatic heterocycles. The second-order valence-corrected chi connectivity index (χ2v) is 3.13. The average Bonchev–Trinajstić information content (AvgIpc) is 2.23. The van der Waals surface area contributed by atoms with E-state index in [2.05, 4.69) is 11.6 Å². The van der Waals surface area contributed by atoms with Gasteiger partial charge in [0.15, 0.2) is 0 Å². The second kappa shape index (κ2) is 3.65. The first-order valence-corrected chi connectivity index (χ1v) is 4.48. The van der Waals surface area contributed by atoms with Gasteiger partial charge in [0.05, 0.1) is 17.2 Å². The summed E-state index contributed by atoms with van der Waals surface area (Å²) in [5, 5.41) is 0. The van der Waals surface area contributed by atoms with Crippen LogP contribution < -0.4 is 5.56 Å². The number of hydrogen-bond donors (Lipinski definition) is 0. The summed E-state index contributed by atoms with van der Waals surface area (Å²) < 4.78 is 14.4. The molecule has 2 rings (SSSR count). The number of allylic oxidation sites excluding steroid dienone is 1. The number of halogens is 1. The van der Waals surface area contributed by atoms with Crippen LogP contribution in [0, 0.1) is 5.82 Å². The molecule has 0 radical (unpaired) electrons. The van der Waals surface area contributed by atoms with Gasteiger partial charge in [0.1, 0.15) is 5.82 Å². The minimum Gasteiger partial charge on any atom is -0.301 e. The predicted molar refractivity (Wildman–Crippen MR) is 56.2 cm³/mol. The van der Waals surface area contributed by atoms with Crippen LogP contribution in [0.25, 0.3) is 11.0 Å². The zero-order valence-electron chi connectivity index (χ0n) is 7.98. The van der Waals surface area contributed by atoms with Gasteiger partial charge >= 0.3 is 0 Å². The van der Waals surface area contributed by atoms with E-state index in [0.29, 0.717) is 17.6 Å². The van der Waals surface area contributed by atoms with Gasteiger partial charge in [0, 0.05) is 6.54 Å². The van der Waals surface area contributed by atoms with Crippen molar-refractivity contribution in [1.82, 2.24) is 9.55 Å². The lowest BCUT2D eigenvalue weighted by atomic mass is 10.3. The van der Waals surface area contributed by atoms with E-state index in [-0.39, 0.29) is 11.4 Å². The van der Waals surface area contributed by atoms with Gasteiger partial charge in [-0.15, -0.1) is 6.58 Å². The quantitative estimate of drug-likeness (QED) is 0.698. The third-order valence-corrected chi connectivity index (χ3v) is 2.12. The molecule has 2 aromatic rings. The largest absolute Gasteiger partial charge is 0.301 e. The fourth-order valence-electron chi connectivity index (χ4n) is 1.45. The van der Waals surface area contributed by atoms with Crippen molar-refractivity contribution in [3.8, 4) is 0 Å². The zero-order chi connectivity index (χ0) is 10.8. The van der Waals surface area contributed by atoms with E-state index in [1.165, 1.54) is 22.9 Å². The van der Waals surface area contributed by atoms with E-state index in [9.17, 15) is 9.18 Å². The molecule has 0 fully saturated rings. The Bertz CT molecular complexity index is 574. The lowest BCUT2D eigenvalue weighted by Crippen LogP contribution is -2.19. The lowest BCUT2D eigenvalue weighted by molar-refractivity contribution is 0.627. The van der Waals surface area contributed by atoms with Gasteiger partial charge in [-0.2, -0.15) is 0 Å². The van der Waals surface area contributed by atoms with Gasteiger partial charge in [0.25, 0.3) is 5.56 Å². The van der Waals surface area contributed by atoms with Gasteiger partial charge in [-0.1, -0.05) is 6.08 Å². The predicted octanol–water partition coefficient (Wildman–Crippen LogP) is 1.72. The highest BCUT2D eigenvalue weighted by Gasteiger charge is 2.03. The van der Waals surface area contributed by atoms with Crippen molar-refractivity contribution in [1.29, 1.82) is 0 Å². The number of hydrogen-bond acceptors (Lipinski definition) is 2. The molecule has 0 spiro atoms. The van der Waals surface area contributed by atoms with Crippen molar-refractivity contribution in [2.75, 3.05) is 0 Å². The normalized spacial score (nSPS) is 10.5. The third-order valence-electron chi connectivity index (χ3n) is 2.12. The molecule has 76 valence electrons. The fraction of sp³-hybridized carbons (Fsp3) is 0.0909. The molecule has 0 saturated heterocycles. The molecule has 15 heavy (non-hydrogen) atoms.